The summed E-state index contributed by atoms with van der Waals surface area (Å²) in [5, 5.41) is 6.66. The molecule has 28 heavy (non-hydrogen) atoms. The van der Waals surface area contributed by atoms with E-state index in [9.17, 15) is 4.39 Å². The summed E-state index contributed by atoms with van der Waals surface area (Å²) in [7, 11) is 0. The van der Waals surface area contributed by atoms with Gasteiger partial charge in [-0.15, -0.1) is 24.0 Å². The third-order valence-corrected chi connectivity index (χ3v) is 4.25. The first-order chi connectivity index (χ1) is 13.3. The number of aromatic nitrogens is 1. The van der Waals surface area contributed by atoms with E-state index >= 15 is 0 Å². The van der Waals surface area contributed by atoms with Gasteiger partial charge in [-0.05, 0) is 23.8 Å². The maximum Gasteiger partial charge on any atom is 0.224 e. The van der Waals surface area contributed by atoms with Crippen molar-refractivity contribution in [3.8, 4) is 11.6 Å². The molecule has 0 saturated carbocycles. The molecule has 7 heteroatoms. The maximum absolute atomic E-state index is 13.4. The van der Waals surface area contributed by atoms with Crippen molar-refractivity contribution in [2.45, 2.75) is 12.6 Å². The molecule has 3 aromatic rings. The normalized spacial score (nSPS) is 15.2. The number of rotatable bonds is 5. The third-order valence-electron chi connectivity index (χ3n) is 4.25. The van der Waals surface area contributed by atoms with Crippen molar-refractivity contribution in [1.29, 1.82) is 0 Å². The summed E-state index contributed by atoms with van der Waals surface area (Å²) in [5.74, 6) is 1.24. The molecule has 0 amide bonds. The highest BCUT2D eigenvalue weighted by molar-refractivity contribution is 14.0. The minimum atomic E-state index is -0.348. The highest BCUT2D eigenvalue weighted by Gasteiger charge is 2.19. The zero-order chi connectivity index (χ0) is 18.5. The predicted molar refractivity (Wildman–Crippen MR) is 118 cm³/mol. The summed E-state index contributed by atoms with van der Waals surface area (Å²) >= 11 is 0. The Morgan fingerprint density at radius 2 is 1.93 bits per heavy atom. The molecule has 4 rings (SSSR count). The Labute approximate surface area is 180 Å². The molecule has 2 N–H and O–H groups in total. The Morgan fingerprint density at radius 3 is 2.75 bits per heavy atom. The monoisotopic (exact) mass is 490 g/mol. The van der Waals surface area contributed by atoms with Gasteiger partial charge < -0.3 is 15.4 Å². The van der Waals surface area contributed by atoms with Crippen molar-refractivity contribution >= 4 is 29.9 Å². The predicted octanol–water partition coefficient (Wildman–Crippen LogP) is 4.42. The lowest BCUT2D eigenvalue weighted by atomic mass is 10.1. The van der Waals surface area contributed by atoms with Crippen LogP contribution in [0.2, 0.25) is 0 Å². The second-order valence-electron chi connectivity index (χ2n) is 6.18. The van der Waals surface area contributed by atoms with E-state index < -0.39 is 0 Å². The molecule has 1 aliphatic heterocycles. The first-order valence-corrected chi connectivity index (χ1v) is 8.75. The fraction of sp³-hybridized carbons (Fsp3) is 0.143. The molecular weight excluding hydrogens is 470 g/mol. The van der Waals surface area contributed by atoms with Gasteiger partial charge in [0.05, 0.1) is 12.6 Å². The van der Waals surface area contributed by atoms with Crippen LogP contribution in [0.25, 0.3) is 0 Å². The highest BCUT2D eigenvalue weighted by atomic mass is 127. The number of guanidine groups is 1. The van der Waals surface area contributed by atoms with Crippen LogP contribution in [0.1, 0.15) is 17.2 Å². The number of nitrogens with zero attached hydrogens (tertiary/aromatic N) is 2. The summed E-state index contributed by atoms with van der Waals surface area (Å²) in [5.41, 5.74) is 2.06. The molecule has 0 bridgehead atoms. The van der Waals surface area contributed by atoms with E-state index in [-0.39, 0.29) is 35.8 Å². The molecule has 1 aliphatic rings. The summed E-state index contributed by atoms with van der Waals surface area (Å²) in [6, 6.07) is 20.2. The Bertz CT molecular complexity index is 952. The molecule has 0 aliphatic carbocycles. The van der Waals surface area contributed by atoms with Crippen LogP contribution in [-0.4, -0.2) is 17.5 Å². The first-order valence-electron chi connectivity index (χ1n) is 8.75. The summed E-state index contributed by atoms with van der Waals surface area (Å²) < 4.78 is 19.1. The molecule has 5 nitrogen and oxygen atoms in total. The smallest absolute Gasteiger partial charge is 0.224 e. The van der Waals surface area contributed by atoms with E-state index in [0.717, 1.165) is 11.5 Å². The van der Waals surface area contributed by atoms with Crippen LogP contribution in [0, 0.1) is 5.82 Å². The SMILES string of the molecule is Fc1cccc(Oc2ncccc2CNC2=NCC(c3ccccc3)N2)c1.I. The van der Waals surface area contributed by atoms with Crippen LogP contribution in [0.3, 0.4) is 0 Å². The number of halogens is 2. The average molecular weight is 490 g/mol. The molecular formula is C21H20FIN4O. The van der Waals surface area contributed by atoms with Crippen LogP contribution >= 0.6 is 24.0 Å². The van der Waals surface area contributed by atoms with Gasteiger partial charge in [-0.3, -0.25) is 4.99 Å². The van der Waals surface area contributed by atoms with Crippen LogP contribution < -0.4 is 15.4 Å². The van der Waals surface area contributed by atoms with Gasteiger partial charge in [0.1, 0.15) is 11.6 Å². The molecule has 0 fully saturated rings. The Kier molecular flexibility index (Phi) is 6.80. The fourth-order valence-corrected chi connectivity index (χ4v) is 2.89. The molecule has 1 atom stereocenters. The van der Waals surface area contributed by atoms with Crippen molar-refractivity contribution in [2.24, 2.45) is 4.99 Å². The van der Waals surface area contributed by atoms with E-state index in [1.165, 1.54) is 17.7 Å². The maximum atomic E-state index is 13.4. The molecule has 0 saturated heterocycles. The van der Waals surface area contributed by atoms with Crippen molar-refractivity contribution in [3.05, 3.63) is 89.9 Å². The third kappa shape index (κ3) is 4.98. The van der Waals surface area contributed by atoms with Crippen LogP contribution in [-0.2, 0) is 6.54 Å². The summed E-state index contributed by atoms with van der Waals surface area (Å²) in [4.78, 5) is 8.78. The van der Waals surface area contributed by atoms with Gasteiger partial charge in [0.25, 0.3) is 0 Å². The number of benzene rings is 2. The lowest BCUT2D eigenvalue weighted by Crippen LogP contribution is -2.35. The van der Waals surface area contributed by atoms with Gasteiger partial charge in [-0.2, -0.15) is 0 Å². The quantitative estimate of drug-likeness (QED) is 0.520. The van der Waals surface area contributed by atoms with E-state index in [1.807, 2.05) is 30.3 Å². The fourth-order valence-electron chi connectivity index (χ4n) is 2.89. The average Bonchev–Trinajstić information content (AvgIpc) is 3.17. The van der Waals surface area contributed by atoms with Gasteiger partial charge in [0.2, 0.25) is 5.88 Å². The lowest BCUT2D eigenvalue weighted by Gasteiger charge is -2.14. The minimum absolute atomic E-state index is 0. The Morgan fingerprint density at radius 1 is 1.07 bits per heavy atom. The summed E-state index contributed by atoms with van der Waals surface area (Å²) in [6.45, 7) is 1.18. The first kappa shape index (κ1) is 20.1. The standard InChI is InChI=1S/C21H19FN4O.HI/c22-17-9-4-10-18(12-17)27-20-16(8-5-11-23-20)13-24-21-25-14-19(26-21)15-6-2-1-3-7-15;/h1-12,19H,13-14H2,(H2,24,25,26);1H. The number of nitrogens with one attached hydrogen (secondary N) is 2. The molecule has 1 aromatic heterocycles. The van der Waals surface area contributed by atoms with E-state index in [4.69, 9.17) is 4.74 Å². The van der Waals surface area contributed by atoms with Crippen molar-refractivity contribution in [2.75, 3.05) is 6.54 Å². The zero-order valence-corrected chi connectivity index (χ0v) is 17.3. The topological polar surface area (TPSA) is 58.5 Å². The minimum Gasteiger partial charge on any atom is -0.439 e. The summed E-state index contributed by atoms with van der Waals surface area (Å²) in [6.07, 6.45) is 1.65. The second-order valence-corrected chi connectivity index (χ2v) is 6.18. The van der Waals surface area contributed by atoms with Crippen molar-refractivity contribution in [3.63, 3.8) is 0 Å². The van der Waals surface area contributed by atoms with E-state index in [2.05, 4.69) is 32.7 Å². The highest BCUT2D eigenvalue weighted by Crippen LogP contribution is 2.23. The number of ether oxygens (including phenoxy) is 1. The largest absolute Gasteiger partial charge is 0.439 e. The van der Waals surface area contributed by atoms with Crippen molar-refractivity contribution < 1.29 is 9.13 Å². The van der Waals surface area contributed by atoms with Gasteiger partial charge in [-0.25, -0.2) is 9.37 Å². The molecule has 0 radical (unpaired) electrons. The number of aliphatic imine (C=N–C) groups is 1. The lowest BCUT2D eigenvalue weighted by molar-refractivity contribution is 0.451. The number of pyridine rings is 1. The van der Waals surface area contributed by atoms with Gasteiger partial charge in [-0.1, -0.05) is 42.5 Å². The molecule has 1 unspecified atom stereocenters. The van der Waals surface area contributed by atoms with Gasteiger partial charge in [0.15, 0.2) is 5.96 Å². The van der Waals surface area contributed by atoms with E-state index in [1.54, 1.807) is 18.3 Å². The van der Waals surface area contributed by atoms with E-state index in [0.29, 0.717) is 24.7 Å². The Hall–Kier alpha value is -2.68. The molecule has 2 aromatic carbocycles. The van der Waals surface area contributed by atoms with Gasteiger partial charge >= 0.3 is 0 Å². The molecule has 144 valence electrons. The van der Waals surface area contributed by atoms with Crippen LogP contribution in [0.4, 0.5) is 4.39 Å². The molecule has 0 spiro atoms. The van der Waals surface area contributed by atoms with Gasteiger partial charge in [0, 0.05) is 24.4 Å². The Balaban J connectivity index is 0.00000225. The number of hydrogen-bond donors (Lipinski definition) is 2. The van der Waals surface area contributed by atoms with Crippen LogP contribution in [0.15, 0.2) is 77.9 Å². The number of hydrogen-bond acceptors (Lipinski definition) is 5. The second kappa shape index (κ2) is 9.50. The zero-order valence-electron chi connectivity index (χ0n) is 15.0. The van der Waals surface area contributed by atoms with Crippen LogP contribution in [0.5, 0.6) is 11.6 Å². The molecule has 2 heterocycles. The van der Waals surface area contributed by atoms with Crippen molar-refractivity contribution in [1.82, 2.24) is 15.6 Å².